The maximum absolute atomic E-state index is 13.0. The Hall–Kier alpha value is -2.28. The molecule has 122 valence electrons. The highest BCUT2D eigenvalue weighted by molar-refractivity contribution is 5.80. The van der Waals surface area contributed by atoms with Crippen LogP contribution >= 0.6 is 0 Å². The van der Waals surface area contributed by atoms with Gasteiger partial charge in [-0.1, -0.05) is 12.1 Å². The van der Waals surface area contributed by atoms with Crippen molar-refractivity contribution in [3.8, 4) is 0 Å². The van der Waals surface area contributed by atoms with Gasteiger partial charge in [-0.25, -0.2) is 14.1 Å². The topological polar surface area (TPSA) is 71.2 Å². The van der Waals surface area contributed by atoms with Crippen molar-refractivity contribution in [1.29, 1.82) is 0 Å². The van der Waals surface area contributed by atoms with Crippen LogP contribution in [0.5, 0.6) is 0 Å². The Labute approximate surface area is 133 Å². The Bertz CT molecular complexity index is 655. The largest absolute Gasteiger partial charge is 0.387 e. The first-order chi connectivity index (χ1) is 11.1. The van der Waals surface area contributed by atoms with E-state index in [2.05, 4.69) is 10.1 Å². The number of rotatable bonds is 6. The zero-order chi connectivity index (χ0) is 16.4. The van der Waals surface area contributed by atoms with Crippen molar-refractivity contribution in [2.75, 3.05) is 6.54 Å². The molecular weight excluding hydrogens is 299 g/mol. The molecule has 6 nitrogen and oxygen atoms in total. The summed E-state index contributed by atoms with van der Waals surface area (Å²) in [5.74, 6) is -0.449. The lowest BCUT2D eigenvalue weighted by Crippen LogP contribution is -2.40. The smallest absolute Gasteiger partial charge is 0.247 e. The summed E-state index contributed by atoms with van der Waals surface area (Å²) in [5, 5.41) is 14.4. The number of aromatic nitrogens is 3. The molecule has 23 heavy (non-hydrogen) atoms. The summed E-state index contributed by atoms with van der Waals surface area (Å²) < 4.78 is 14.5. The van der Waals surface area contributed by atoms with Crippen LogP contribution in [0.15, 0.2) is 36.9 Å². The fourth-order valence-corrected chi connectivity index (χ4v) is 2.55. The zero-order valence-electron chi connectivity index (χ0n) is 12.8. The van der Waals surface area contributed by atoms with Crippen molar-refractivity contribution in [1.82, 2.24) is 19.7 Å². The lowest BCUT2D eigenvalue weighted by Gasteiger charge is -2.28. The van der Waals surface area contributed by atoms with Gasteiger partial charge in [-0.05, 0) is 37.5 Å². The minimum atomic E-state index is -0.844. The van der Waals surface area contributed by atoms with E-state index < -0.39 is 12.1 Å². The predicted molar refractivity (Wildman–Crippen MR) is 80.8 cm³/mol. The van der Waals surface area contributed by atoms with Crippen LogP contribution in [0, 0.1) is 5.82 Å². The van der Waals surface area contributed by atoms with E-state index in [0.29, 0.717) is 5.56 Å². The molecule has 1 aliphatic carbocycles. The molecule has 0 aliphatic heterocycles. The van der Waals surface area contributed by atoms with Gasteiger partial charge in [0.1, 0.15) is 24.5 Å². The number of halogens is 1. The van der Waals surface area contributed by atoms with Crippen LogP contribution in [0.3, 0.4) is 0 Å². The maximum atomic E-state index is 13.0. The number of hydrogen-bond donors (Lipinski definition) is 1. The van der Waals surface area contributed by atoms with Gasteiger partial charge in [-0.3, -0.25) is 4.79 Å². The quantitative estimate of drug-likeness (QED) is 0.880. The summed E-state index contributed by atoms with van der Waals surface area (Å²) in [4.78, 5) is 18.3. The van der Waals surface area contributed by atoms with Crippen molar-refractivity contribution in [3.63, 3.8) is 0 Å². The van der Waals surface area contributed by atoms with E-state index in [9.17, 15) is 14.3 Å². The van der Waals surface area contributed by atoms with Crippen LogP contribution < -0.4 is 0 Å². The monoisotopic (exact) mass is 318 g/mol. The summed E-state index contributed by atoms with van der Waals surface area (Å²) >= 11 is 0. The third-order valence-electron chi connectivity index (χ3n) is 4.09. The van der Waals surface area contributed by atoms with Gasteiger partial charge in [0.15, 0.2) is 0 Å². The second-order valence-corrected chi connectivity index (χ2v) is 5.84. The molecule has 0 radical (unpaired) electrons. The summed E-state index contributed by atoms with van der Waals surface area (Å²) in [6, 6.07) is 5.37. The molecule has 7 heteroatoms. The highest BCUT2D eigenvalue weighted by Gasteiger charge is 2.36. The SMILES string of the molecule is CC(C(=O)N(CC(O)c1ccc(F)cc1)C1CC1)n1cncn1. The van der Waals surface area contributed by atoms with Gasteiger partial charge in [-0.2, -0.15) is 5.10 Å². The number of carbonyl (C=O) groups excluding carboxylic acids is 1. The lowest BCUT2D eigenvalue weighted by molar-refractivity contribution is -0.136. The summed E-state index contributed by atoms with van der Waals surface area (Å²) in [5.41, 5.74) is 0.596. The second-order valence-electron chi connectivity index (χ2n) is 5.84. The van der Waals surface area contributed by atoms with Gasteiger partial charge >= 0.3 is 0 Å². The number of benzene rings is 1. The normalized spacial score (nSPS) is 16.8. The van der Waals surface area contributed by atoms with E-state index in [4.69, 9.17) is 0 Å². The van der Waals surface area contributed by atoms with E-state index >= 15 is 0 Å². The van der Waals surface area contributed by atoms with Crippen molar-refractivity contribution >= 4 is 5.91 Å². The Kier molecular flexibility index (Phi) is 4.38. The molecule has 2 atom stereocenters. The molecule has 0 spiro atoms. The Morgan fingerprint density at radius 2 is 2.13 bits per heavy atom. The van der Waals surface area contributed by atoms with Gasteiger partial charge in [0.05, 0.1) is 12.6 Å². The molecule has 2 aromatic rings. The predicted octanol–water partition coefficient (Wildman–Crippen LogP) is 1.70. The van der Waals surface area contributed by atoms with E-state index in [1.807, 2.05) is 0 Å². The molecule has 1 aromatic heterocycles. The maximum Gasteiger partial charge on any atom is 0.247 e. The van der Waals surface area contributed by atoms with Gasteiger partial charge in [0, 0.05) is 6.04 Å². The molecule has 0 saturated heterocycles. The molecule has 1 heterocycles. The standard InChI is InChI=1S/C16H19FN4O2/c1-11(21-10-18-9-19-21)16(23)20(14-6-7-14)8-15(22)12-2-4-13(17)5-3-12/h2-5,9-11,14-15,22H,6-8H2,1H3. The molecule has 0 bridgehead atoms. The number of hydrogen-bond acceptors (Lipinski definition) is 4. The first-order valence-corrected chi connectivity index (χ1v) is 7.64. The van der Waals surface area contributed by atoms with E-state index in [-0.39, 0.29) is 24.3 Å². The second kappa shape index (κ2) is 6.45. The van der Waals surface area contributed by atoms with Crippen LogP contribution in [0.25, 0.3) is 0 Å². The molecule has 3 rings (SSSR count). The third kappa shape index (κ3) is 3.56. The number of carbonyl (C=O) groups is 1. The van der Waals surface area contributed by atoms with Crippen molar-refractivity contribution < 1.29 is 14.3 Å². The lowest BCUT2D eigenvalue weighted by atomic mass is 10.1. The van der Waals surface area contributed by atoms with Gasteiger partial charge < -0.3 is 10.0 Å². The Morgan fingerprint density at radius 3 is 2.70 bits per heavy atom. The van der Waals surface area contributed by atoms with E-state index in [0.717, 1.165) is 12.8 Å². The number of amides is 1. The number of aliphatic hydroxyl groups excluding tert-OH is 1. The van der Waals surface area contributed by atoms with Gasteiger partial charge in [0.25, 0.3) is 0 Å². The molecule has 1 aromatic carbocycles. The van der Waals surface area contributed by atoms with Crippen LogP contribution in [0.1, 0.15) is 37.5 Å². The van der Waals surface area contributed by atoms with E-state index in [1.165, 1.54) is 41.6 Å². The summed E-state index contributed by atoms with van der Waals surface area (Å²) in [7, 11) is 0. The number of nitrogens with zero attached hydrogens (tertiary/aromatic N) is 4. The van der Waals surface area contributed by atoms with Crippen molar-refractivity contribution in [2.45, 2.75) is 38.0 Å². The molecule has 1 aliphatic rings. The average Bonchev–Trinajstić information content (AvgIpc) is 3.25. The van der Waals surface area contributed by atoms with Crippen molar-refractivity contribution in [2.24, 2.45) is 0 Å². The highest BCUT2D eigenvalue weighted by Crippen LogP contribution is 2.30. The van der Waals surface area contributed by atoms with Crippen LogP contribution in [0.2, 0.25) is 0 Å². The Balaban J connectivity index is 1.71. The zero-order valence-corrected chi connectivity index (χ0v) is 12.8. The van der Waals surface area contributed by atoms with Crippen LogP contribution in [-0.2, 0) is 4.79 Å². The fourth-order valence-electron chi connectivity index (χ4n) is 2.55. The molecule has 1 N–H and O–H groups in total. The summed E-state index contributed by atoms with van der Waals surface area (Å²) in [6.07, 6.45) is 3.92. The van der Waals surface area contributed by atoms with Crippen LogP contribution in [0.4, 0.5) is 4.39 Å². The van der Waals surface area contributed by atoms with Crippen LogP contribution in [-0.4, -0.2) is 43.3 Å². The third-order valence-corrected chi connectivity index (χ3v) is 4.09. The molecular formula is C16H19FN4O2. The summed E-state index contributed by atoms with van der Waals surface area (Å²) in [6.45, 7) is 1.95. The molecule has 1 saturated carbocycles. The highest BCUT2D eigenvalue weighted by atomic mass is 19.1. The molecule has 2 unspecified atom stereocenters. The minimum Gasteiger partial charge on any atom is -0.387 e. The average molecular weight is 318 g/mol. The first-order valence-electron chi connectivity index (χ1n) is 7.64. The first kappa shape index (κ1) is 15.6. The van der Waals surface area contributed by atoms with E-state index in [1.54, 1.807) is 11.8 Å². The van der Waals surface area contributed by atoms with Crippen molar-refractivity contribution in [3.05, 3.63) is 48.3 Å². The number of aliphatic hydroxyl groups is 1. The fraction of sp³-hybridized carbons (Fsp3) is 0.438. The Morgan fingerprint density at radius 1 is 1.43 bits per heavy atom. The molecule has 1 amide bonds. The van der Waals surface area contributed by atoms with Gasteiger partial charge in [0.2, 0.25) is 5.91 Å². The molecule has 1 fully saturated rings. The van der Waals surface area contributed by atoms with Gasteiger partial charge in [-0.15, -0.1) is 0 Å². The minimum absolute atomic E-state index is 0.0980.